The number of nitrogens with zero attached hydrogens (tertiary/aromatic N) is 2. The van der Waals surface area contributed by atoms with Crippen LogP contribution in [0.5, 0.6) is 17.2 Å². The summed E-state index contributed by atoms with van der Waals surface area (Å²) in [6.07, 6.45) is 1.72. The zero-order chi connectivity index (χ0) is 26.9. The van der Waals surface area contributed by atoms with E-state index < -0.39 is 12.0 Å². The summed E-state index contributed by atoms with van der Waals surface area (Å²) in [6.45, 7) is 5.61. The maximum Gasteiger partial charge on any atom is 0.338 e. The van der Waals surface area contributed by atoms with Crippen LogP contribution in [0.25, 0.3) is 6.08 Å². The zero-order valence-corrected chi connectivity index (χ0v) is 23.0. The maximum atomic E-state index is 13.8. The molecular weight excluding hydrogens is 516 g/mol. The first-order valence-corrected chi connectivity index (χ1v) is 12.7. The quantitative estimate of drug-likeness (QED) is 0.422. The predicted molar refractivity (Wildman–Crippen MR) is 143 cm³/mol. The number of hydrogen-bond acceptors (Lipinski definition) is 8. The molecule has 4 rings (SSSR count). The highest BCUT2D eigenvalue weighted by Crippen LogP contribution is 2.36. The molecule has 0 amide bonds. The van der Waals surface area contributed by atoms with E-state index in [0.717, 1.165) is 5.56 Å². The number of benzene rings is 2. The highest BCUT2D eigenvalue weighted by molar-refractivity contribution is 7.07. The Morgan fingerprint density at radius 3 is 2.49 bits per heavy atom. The molecule has 3 aromatic rings. The van der Waals surface area contributed by atoms with Gasteiger partial charge >= 0.3 is 5.97 Å². The van der Waals surface area contributed by atoms with Crippen LogP contribution in [0.15, 0.2) is 51.4 Å². The van der Waals surface area contributed by atoms with Crippen LogP contribution in [0.4, 0.5) is 0 Å². The summed E-state index contributed by atoms with van der Waals surface area (Å²) in [4.78, 5) is 32.0. The molecule has 1 atom stereocenters. The number of rotatable bonds is 7. The third-order valence-corrected chi connectivity index (χ3v) is 7.28. The molecule has 37 heavy (non-hydrogen) atoms. The van der Waals surface area contributed by atoms with Crippen LogP contribution >= 0.6 is 22.9 Å². The van der Waals surface area contributed by atoms with Crippen molar-refractivity contribution in [3.63, 3.8) is 0 Å². The summed E-state index contributed by atoms with van der Waals surface area (Å²) in [6, 6.07) is 8.31. The Morgan fingerprint density at radius 1 is 1.11 bits per heavy atom. The van der Waals surface area contributed by atoms with Crippen molar-refractivity contribution >= 4 is 35.0 Å². The first-order valence-electron chi connectivity index (χ1n) is 11.5. The van der Waals surface area contributed by atoms with Gasteiger partial charge in [-0.15, -0.1) is 0 Å². The van der Waals surface area contributed by atoms with Gasteiger partial charge in [-0.25, -0.2) is 9.79 Å². The van der Waals surface area contributed by atoms with Gasteiger partial charge < -0.3 is 18.9 Å². The van der Waals surface area contributed by atoms with Crippen LogP contribution in [0.1, 0.15) is 36.6 Å². The van der Waals surface area contributed by atoms with Crippen LogP contribution in [0.3, 0.4) is 0 Å². The molecule has 10 heteroatoms. The lowest BCUT2D eigenvalue weighted by atomic mass is 9.95. The van der Waals surface area contributed by atoms with Gasteiger partial charge in [0.05, 0.1) is 54.8 Å². The number of methoxy groups -OCH3 is 3. The Bertz CT molecular complexity index is 1590. The molecule has 0 fully saturated rings. The van der Waals surface area contributed by atoms with E-state index in [1.54, 1.807) is 39.2 Å². The summed E-state index contributed by atoms with van der Waals surface area (Å²) < 4.78 is 23.5. The third kappa shape index (κ3) is 4.89. The minimum Gasteiger partial charge on any atom is -0.496 e. The Labute approximate surface area is 223 Å². The summed E-state index contributed by atoms with van der Waals surface area (Å²) in [5.74, 6) is 0.983. The molecule has 0 N–H and O–H groups in total. The lowest BCUT2D eigenvalue weighted by Crippen LogP contribution is -2.40. The van der Waals surface area contributed by atoms with Gasteiger partial charge in [0.2, 0.25) is 0 Å². The summed E-state index contributed by atoms with van der Waals surface area (Å²) in [5.41, 5.74) is 2.80. The third-order valence-electron chi connectivity index (χ3n) is 6.02. The first kappa shape index (κ1) is 26.5. The maximum absolute atomic E-state index is 13.8. The number of aryl methyl sites for hydroxylation is 1. The number of carbonyl (C=O) groups excluding carboxylic acids is 1. The lowest BCUT2D eigenvalue weighted by Gasteiger charge is -2.25. The van der Waals surface area contributed by atoms with Crippen LogP contribution in [-0.4, -0.2) is 38.5 Å². The SMILES string of the molecule is CCOC(=O)C1=C(C)N=c2s/c(=C\c3cc(Cl)c(OC)c(OC)c3)c(=O)n2[C@@H]1c1ccc(C)c(OC)c1. The van der Waals surface area contributed by atoms with Crippen molar-refractivity contribution in [1.29, 1.82) is 0 Å². The smallest absolute Gasteiger partial charge is 0.338 e. The van der Waals surface area contributed by atoms with Crippen molar-refractivity contribution in [2.75, 3.05) is 27.9 Å². The van der Waals surface area contributed by atoms with Crippen molar-refractivity contribution in [3.05, 3.63) is 83.0 Å². The Kier molecular flexibility index (Phi) is 7.75. The minimum absolute atomic E-state index is 0.198. The van der Waals surface area contributed by atoms with Gasteiger partial charge in [0.25, 0.3) is 5.56 Å². The van der Waals surface area contributed by atoms with Gasteiger partial charge in [-0.05, 0) is 61.7 Å². The van der Waals surface area contributed by atoms with E-state index in [4.69, 9.17) is 30.5 Å². The predicted octanol–water partition coefficient (Wildman–Crippen LogP) is 3.79. The first-order chi connectivity index (χ1) is 17.7. The second-order valence-electron chi connectivity index (χ2n) is 8.27. The molecule has 0 unspecified atom stereocenters. The molecule has 8 nitrogen and oxygen atoms in total. The van der Waals surface area contributed by atoms with Crippen molar-refractivity contribution in [2.45, 2.75) is 26.8 Å². The van der Waals surface area contributed by atoms with Crippen molar-refractivity contribution in [3.8, 4) is 17.2 Å². The second-order valence-corrected chi connectivity index (χ2v) is 9.69. The molecule has 0 aliphatic carbocycles. The number of allylic oxidation sites excluding steroid dienone is 1. The normalized spacial score (nSPS) is 15.2. The van der Waals surface area contributed by atoms with E-state index in [-0.39, 0.29) is 12.2 Å². The lowest BCUT2D eigenvalue weighted by molar-refractivity contribution is -0.139. The van der Waals surface area contributed by atoms with E-state index in [2.05, 4.69) is 4.99 Å². The number of fused-ring (bicyclic) bond motifs is 1. The molecule has 2 heterocycles. The second kappa shape index (κ2) is 10.8. The highest BCUT2D eigenvalue weighted by atomic mass is 35.5. The van der Waals surface area contributed by atoms with Crippen molar-refractivity contribution in [1.82, 2.24) is 4.57 Å². The number of hydrogen-bond donors (Lipinski definition) is 0. The van der Waals surface area contributed by atoms with Gasteiger partial charge in [0, 0.05) is 0 Å². The topological polar surface area (TPSA) is 88.4 Å². The number of ether oxygens (including phenoxy) is 4. The molecule has 1 aliphatic heterocycles. The van der Waals surface area contributed by atoms with Gasteiger partial charge in [0.1, 0.15) is 5.75 Å². The molecule has 0 radical (unpaired) electrons. The number of thiazole rings is 1. The van der Waals surface area contributed by atoms with Crippen LogP contribution in [0.2, 0.25) is 5.02 Å². The van der Waals surface area contributed by atoms with Gasteiger partial charge in [-0.2, -0.15) is 0 Å². The summed E-state index contributed by atoms with van der Waals surface area (Å²) >= 11 is 7.60. The molecule has 1 aromatic heterocycles. The van der Waals surface area contributed by atoms with Crippen LogP contribution < -0.4 is 29.1 Å². The monoisotopic (exact) mass is 542 g/mol. The minimum atomic E-state index is -0.735. The fourth-order valence-electron chi connectivity index (χ4n) is 4.29. The van der Waals surface area contributed by atoms with Crippen molar-refractivity contribution < 1.29 is 23.7 Å². The number of carbonyl (C=O) groups is 1. The summed E-state index contributed by atoms with van der Waals surface area (Å²) in [5, 5.41) is 0.353. The van der Waals surface area contributed by atoms with Gasteiger partial charge in [-0.1, -0.05) is 35.1 Å². The van der Waals surface area contributed by atoms with Crippen LogP contribution in [-0.2, 0) is 9.53 Å². The fraction of sp³-hybridized carbons (Fsp3) is 0.296. The molecule has 2 aromatic carbocycles. The standard InChI is InChI=1S/C27H27ClN2O6S/c1-7-36-26(32)22-15(3)29-27-30(23(22)17-9-8-14(2)19(13-17)33-4)25(31)21(37-27)12-16-10-18(28)24(35-6)20(11-16)34-5/h8-13,23H,7H2,1-6H3/b21-12-/t23-/m1/s1. The average Bonchev–Trinajstić information content (AvgIpc) is 3.17. The van der Waals surface area contributed by atoms with E-state index >= 15 is 0 Å². The molecule has 0 spiro atoms. The number of aromatic nitrogens is 1. The molecule has 194 valence electrons. The molecule has 0 bridgehead atoms. The van der Waals surface area contributed by atoms with Crippen LogP contribution in [0, 0.1) is 6.92 Å². The van der Waals surface area contributed by atoms with E-state index in [9.17, 15) is 9.59 Å². The van der Waals surface area contributed by atoms with Crippen molar-refractivity contribution in [2.24, 2.45) is 4.99 Å². The van der Waals surface area contributed by atoms with E-state index in [0.29, 0.717) is 54.0 Å². The Morgan fingerprint density at radius 2 is 1.84 bits per heavy atom. The Balaban J connectivity index is 1.97. The number of halogens is 1. The largest absolute Gasteiger partial charge is 0.496 e. The van der Waals surface area contributed by atoms with E-state index in [1.165, 1.54) is 30.1 Å². The fourth-order valence-corrected chi connectivity index (χ4v) is 5.63. The average molecular weight is 543 g/mol. The molecule has 0 saturated carbocycles. The van der Waals surface area contributed by atoms with E-state index in [1.807, 2.05) is 25.1 Å². The van der Waals surface area contributed by atoms with Gasteiger partial charge in [-0.3, -0.25) is 9.36 Å². The number of esters is 1. The zero-order valence-electron chi connectivity index (χ0n) is 21.4. The summed E-state index contributed by atoms with van der Waals surface area (Å²) in [7, 11) is 4.60. The molecule has 0 saturated heterocycles. The molecular formula is C27H27ClN2O6S. The Hall–Kier alpha value is -3.56. The molecule has 1 aliphatic rings. The highest BCUT2D eigenvalue weighted by Gasteiger charge is 2.33. The van der Waals surface area contributed by atoms with Gasteiger partial charge in [0.15, 0.2) is 16.3 Å².